The number of ether oxygens (including phenoxy) is 1. The zero-order chi connectivity index (χ0) is 20.8. The third kappa shape index (κ3) is 5.13. The first kappa shape index (κ1) is 19.9. The molecule has 0 saturated heterocycles. The zero-order valence-corrected chi connectivity index (χ0v) is 16.5. The highest BCUT2D eigenvalue weighted by atomic mass is 16.5. The molecule has 0 saturated carbocycles. The highest BCUT2D eigenvalue weighted by molar-refractivity contribution is 6.10. The van der Waals surface area contributed by atoms with E-state index in [9.17, 15) is 9.59 Å². The first-order valence-electron chi connectivity index (χ1n) is 9.05. The van der Waals surface area contributed by atoms with Crippen LogP contribution in [0.2, 0.25) is 0 Å². The number of hydrogen-bond donors (Lipinski definition) is 2. The Balaban J connectivity index is 1.84. The van der Waals surface area contributed by atoms with Gasteiger partial charge in [0.25, 0.3) is 11.8 Å². The van der Waals surface area contributed by atoms with Gasteiger partial charge in [-0.3, -0.25) is 9.59 Å². The van der Waals surface area contributed by atoms with Crippen LogP contribution >= 0.6 is 0 Å². The molecule has 0 atom stereocenters. The van der Waals surface area contributed by atoms with E-state index in [2.05, 4.69) is 10.6 Å². The van der Waals surface area contributed by atoms with Crippen LogP contribution in [0.5, 0.6) is 5.75 Å². The summed E-state index contributed by atoms with van der Waals surface area (Å²) >= 11 is 0. The topological polar surface area (TPSA) is 80.6 Å². The number of carbonyl (C=O) groups is 2. The van der Waals surface area contributed by atoms with Gasteiger partial charge in [0.05, 0.1) is 13.4 Å². The molecule has 0 unspecified atom stereocenters. The minimum Gasteiger partial charge on any atom is -0.497 e. The van der Waals surface area contributed by atoms with E-state index < -0.39 is 11.8 Å². The van der Waals surface area contributed by atoms with Gasteiger partial charge >= 0.3 is 0 Å². The average molecular weight is 390 g/mol. The number of amides is 2. The van der Waals surface area contributed by atoms with E-state index in [4.69, 9.17) is 9.15 Å². The van der Waals surface area contributed by atoms with Gasteiger partial charge in [-0.2, -0.15) is 0 Å². The monoisotopic (exact) mass is 390 g/mol. The molecule has 0 aliphatic heterocycles. The molecule has 0 spiro atoms. The van der Waals surface area contributed by atoms with Gasteiger partial charge in [-0.05, 0) is 61.9 Å². The van der Waals surface area contributed by atoms with Gasteiger partial charge in [0, 0.05) is 17.3 Å². The normalized spacial score (nSPS) is 11.1. The summed E-state index contributed by atoms with van der Waals surface area (Å²) in [6.07, 6.45) is 2.98. The Kier molecular flexibility index (Phi) is 6.14. The summed E-state index contributed by atoms with van der Waals surface area (Å²) in [4.78, 5) is 25.5. The van der Waals surface area contributed by atoms with Gasteiger partial charge in [-0.1, -0.05) is 17.7 Å². The maximum atomic E-state index is 12.9. The molecule has 0 aliphatic rings. The second kappa shape index (κ2) is 8.93. The Morgan fingerprint density at radius 3 is 2.41 bits per heavy atom. The van der Waals surface area contributed by atoms with E-state index in [-0.39, 0.29) is 5.70 Å². The summed E-state index contributed by atoms with van der Waals surface area (Å²) in [5, 5.41) is 5.51. The predicted octanol–water partition coefficient (Wildman–Crippen LogP) is 4.31. The van der Waals surface area contributed by atoms with Gasteiger partial charge in [0.2, 0.25) is 0 Å². The zero-order valence-electron chi connectivity index (χ0n) is 16.5. The van der Waals surface area contributed by atoms with E-state index in [0.717, 1.165) is 11.1 Å². The third-order valence-corrected chi connectivity index (χ3v) is 4.30. The molecule has 0 bridgehead atoms. The Bertz CT molecular complexity index is 1040. The van der Waals surface area contributed by atoms with E-state index in [0.29, 0.717) is 22.8 Å². The number of nitrogens with one attached hydrogen (secondary N) is 2. The molecular formula is C23H22N2O4. The average Bonchev–Trinajstić information content (AvgIpc) is 3.22. The van der Waals surface area contributed by atoms with Crippen molar-refractivity contribution in [2.75, 3.05) is 12.4 Å². The smallest absolute Gasteiger partial charge is 0.272 e. The maximum Gasteiger partial charge on any atom is 0.272 e. The Morgan fingerprint density at radius 1 is 1.03 bits per heavy atom. The van der Waals surface area contributed by atoms with Crippen molar-refractivity contribution in [3.8, 4) is 5.75 Å². The molecule has 0 aliphatic carbocycles. The van der Waals surface area contributed by atoms with Crippen LogP contribution in [0.4, 0.5) is 5.69 Å². The standard InChI is InChI=1S/C23H22N2O4/c1-15-6-11-20(16(2)13-15)24-23(27)21(14-19-5-4-12-29-19)25-22(26)17-7-9-18(28-3)10-8-17/h4-14H,1-3H3,(H,24,27)(H,25,26)/b21-14-. The van der Waals surface area contributed by atoms with Crippen LogP contribution in [0.1, 0.15) is 27.2 Å². The molecule has 29 heavy (non-hydrogen) atoms. The van der Waals surface area contributed by atoms with Gasteiger partial charge in [0.1, 0.15) is 17.2 Å². The molecule has 2 N–H and O–H groups in total. The van der Waals surface area contributed by atoms with Crippen molar-refractivity contribution in [1.82, 2.24) is 5.32 Å². The number of benzene rings is 2. The minimum atomic E-state index is -0.449. The van der Waals surface area contributed by atoms with Crippen molar-refractivity contribution < 1.29 is 18.7 Å². The first-order valence-corrected chi connectivity index (χ1v) is 9.05. The van der Waals surface area contributed by atoms with E-state index in [1.165, 1.54) is 12.3 Å². The van der Waals surface area contributed by atoms with Gasteiger partial charge in [0.15, 0.2) is 0 Å². The molecule has 0 fully saturated rings. The van der Waals surface area contributed by atoms with Crippen LogP contribution in [0.15, 0.2) is 71.0 Å². The number of aryl methyl sites for hydroxylation is 2. The second-order valence-corrected chi connectivity index (χ2v) is 6.53. The lowest BCUT2D eigenvalue weighted by molar-refractivity contribution is -0.113. The maximum absolute atomic E-state index is 12.9. The largest absolute Gasteiger partial charge is 0.497 e. The molecule has 2 aromatic carbocycles. The Morgan fingerprint density at radius 2 is 1.79 bits per heavy atom. The van der Waals surface area contributed by atoms with Crippen molar-refractivity contribution in [2.45, 2.75) is 13.8 Å². The number of anilines is 1. The molecular weight excluding hydrogens is 368 g/mol. The van der Waals surface area contributed by atoms with Gasteiger partial charge in [-0.25, -0.2) is 0 Å². The highest BCUT2D eigenvalue weighted by Gasteiger charge is 2.16. The molecule has 3 aromatic rings. The van der Waals surface area contributed by atoms with Crippen LogP contribution < -0.4 is 15.4 Å². The molecule has 3 rings (SSSR count). The number of rotatable bonds is 6. The van der Waals surface area contributed by atoms with E-state index in [1.54, 1.807) is 43.5 Å². The van der Waals surface area contributed by atoms with Crippen molar-refractivity contribution >= 4 is 23.6 Å². The predicted molar refractivity (Wildman–Crippen MR) is 112 cm³/mol. The third-order valence-electron chi connectivity index (χ3n) is 4.30. The number of hydrogen-bond acceptors (Lipinski definition) is 4. The fourth-order valence-electron chi connectivity index (χ4n) is 2.75. The molecule has 6 heteroatoms. The SMILES string of the molecule is COc1ccc(C(=O)N/C(=C\c2ccco2)C(=O)Nc2ccc(C)cc2C)cc1. The van der Waals surface area contributed by atoms with Gasteiger partial charge < -0.3 is 19.8 Å². The molecule has 2 amide bonds. The summed E-state index contributed by atoms with van der Waals surface area (Å²) < 4.78 is 10.4. The van der Waals surface area contributed by atoms with Crippen molar-refractivity contribution in [3.63, 3.8) is 0 Å². The number of carbonyl (C=O) groups excluding carboxylic acids is 2. The molecule has 1 heterocycles. The second-order valence-electron chi connectivity index (χ2n) is 6.53. The van der Waals surface area contributed by atoms with Crippen molar-refractivity contribution in [1.29, 1.82) is 0 Å². The summed E-state index contributed by atoms with van der Waals surface area (Å²) in [6, 6.07) is 15.7. The van der Waals surface area contributed by atoms with Crippen LogP contribution in [-0.2, 0) is 4.79 Å². The van der Waals surface area contributed by atoms with Crippen LogP contribution in [0.3, 0.4) is 0 Å². The number of furan rings is 1. The van der Waals surface area contributed by atoms with Crippen molar-refractivity contribution in [2.24, 2.45) is 0 Å². The Hall–Kier alpha value is -3.80. The molecule has 0 radical (unpaired) electrons. The molecule has 1 aromatic heterocycles. The summed E-state index contributed by atoms with van der Waals surface area (Å²) in [7, 11) is 1.55. The fourth-order valence-corrected chi connectivity index (χ4v) is 2.75. The molecule has 6 nitrogen and oxygen atoms in total. The van der Waals surface area contributed by atoms with Crippen LogP contribution in [0, 0.1) is 13.8 Å². The lowest BCUT2D eigenvalue weighted by Crippen LogP contribution is -2.30. The lowest BCUT2D eigenvalue weighted by Gasteiger charge is -2.13. The molecule has 148 valence electrons. The summed E-state index contributed by atoms with van der Waals surface area (Å²) in [5.41, 5.74) is 3.16. The van der Waals surface area contributed by atoms with Gasteiger partial charge in [-0.15, -0.1) is 0 Å². The first-order chi connectivity index (χ1) is 14.0. The summed E-state index contributed by atoms with van der Waals surface area (Å²) in [6.45, 7) is 3.89. The van der Waals surface area contributed by atoms with Crippen molar-refractivity contribution in [3.05, 3.63) is 89.0 Å². The number of methoxy groups -OCH3 is 1. The van der Waals surface area contributed by atoms with Crippen LogP contribution in [0.25, 0.3) is 6.08 Å². The van der Waals surface area contributed by atoms with Crippen LogP contribution in [-0.4, -0.2) is 18.9 Å². The quantitative estimate of drug-likeness (QED) is 0.615. The lowest BCUT2D eigenvalue weighted by atomic mass is 10.1. The summed E-state index contributed by atoms with van der Waals surface area (Å²) in [5.74, 6) is 0.225. The fraction of sp³-hybridized carbons (Fsp3) is 0.130. The van der Waals surface area contributed by atoms with E-state index >= 15 is 0 Å². The van der Waals surface area contributed by atoms with E-state index in [1.807, 2.05) is 32.0 Å². The Labute approximate surface area is 169 Å². The minimum absolute atomic E-state index is 0.0701. The highest BCUT2D eigenvalue weighted by Crippen LogP contribution is 2.18.